The number of rotatable bonds is 7. The molecule has 0 saturated carbocycles. The maximum Gasteiger partial charge on any atom is 0.135 e. The Kier molecular flexibility index (Phi) is 8.10. The van der Waals surface area contributed by atoms with Crippen LogP contribution in [0.25, 0.3) is 0 Å². The van der Waals surface area contributed by atoms with Crippen LogP contribution in [0.3, 0.4) is 0 Å². The smallest absolute Gasteiger partial charge is 0.135 e. The molecule has 1 aromatic carbocycles. The van der Waals surface area contributed by atoms with Crippen LogP contribution < -0.4 is 4.74 Å². The highest BCUT2D eigenvalue weighted by Gasteiger charge is 2.05. The van der Waals surface area contributed by atoms with Crippen LogP contribution in [0.5, 0.6) is 5.75 Å². The summed E-state index contributed by atoms with van der Waals surface area (Å²) in [4.78, 5) is 2.27. The molecule has 1 rings (SSSR count). The van der Waals surface area contributed by atoms with E-state index in [-0.39, 0.29) is 5.82 Å². The Morgan fingerprint density at radius 1 is 1.30 bits per heavy atom. The molecule has 0 radical (unpaired) electrons. The van der Waals surface area contributed by atoms with Crippen molar-refractivity contribution in [3.8, 4) is 17.6 Å². The Hall–Kier alpha value is -1.24. The molecule has 0 fully saturated rings. The molecule has 0 saturated heterocycles. The first-order valence-electron chi connectivity index (χ1n) is 6.90. The molecule has 0 aromatic heterocycles. The van der Waals surface area contributed by atoms with E-state index in [1.54, 1.807) is 6.07 Å². The number of halogens is 2. The van der Waals surface area contributed by atoms with Crippen LogP contribution in [0.2, 0.25) is 0 Å². The van der Waals surface area contributed by atoms with Gasteiger partial charge in [-0.25, -0.2) is 4.39 Å². The van der Waals surface area contributed by atoms with E-state index in [4.69, 9.17) is 16.3 Å². The molecule has 1 aromatic rings. The molecule has 0 heterocycles. The molecular formula is C16H21ClFNO. The summed E-state index contributed by atoms with van der Waals surface area (Å²) < 4.78 is 19.0. The van der Waals surface area contributed by atoms with Gasteiger partial charge in [0.05, 0.1) is 5.56 Å². The van der Waals surface area contributed by atoms with Crippen LogP contribution in [-0.4, -0.2) is 37.0 Å². The quantitative estimate of drug-likeness (QED) is 0.564. The minimum Gasteiger partial charge on any atom is -0.491 e. The third kappa shape index (κ3) is 5.81. The first kappa shape index (κ1) is 16.8. The Morgan fingerprint density at radius 3 is 2.70 bits per heavy atom. The first-order chi connectivity index (χ1) is 9.71. The fraction of sp³-hybridized carbons (Fsp3) is 0.500. The van der Waals surface area contributed by atoms with Crippen LogP contribution in [0.4, 0.5) is 4.39 Å². The summed E-state index contributed by atoms with van der Waals surface area (Å²) in [5.41, 5.74) is 0.578. The van der Waals surface area contributed by atoms with E-state index in [9.17, 15) is 4.39 Å². The topological polar surface area (TPSA) is 12.5 Å². The van der Waals surface area contributed by atoms with Crippen molar-refractivity contribution in [1.29, 1.82) is 0 Å². The average molecular weight is 298 g/mol. The van der Waals surface area contributed by atoms with E-state index in [1.165, 1.54) is 12.1 Å². The van der Waals surface area contributed by atoms with Crippen molar-refractivity contribution in [2.24, 2.45) is 0 Å². The molecular weight excluding hydrogens is 277 g/mol. The van der Waals surface area contributed by atoms with Crippen molar-refractivity contribution in [3.63, 3.8) is 0 Å². The van der Waals surface area contributed by atoms with Crippen LogP contribution >= 0.6 is 11.6 Å². The molecule has 0 spiro atoms. The monoisotopic (exact) mass is 297 g/mol. The number of ether oxygens (including phenoxy) is 1. The molecule has 4 heteroatoms. The minimum absolute atomic E-state index is 0.309. The normalized spacial score (nSPS) is 10.2. The maximum atomic E-state index is 13.3. The van der Waals surface area contributed by atoms with E-state index >= 15 is 0 Å². The summed E-state index contributed by atoms with van der Waals surface area (Å²) in [5.74, 6) is 6.60. The predicted molar refractivity (Wildman–Crippen MR) is 81.9 cm³/mol. The van der Waals surface area contributed by atoms with Crippen LogP contribution in [0, 0.1) is 17.7 Å². The lowest BCUT2D eigenvalue weighted by Crippen LogP contribution is -2.28. The fourth-order valence-electron chi connectivity index (χ4n) is 1.76. The van der Waals surface area contributed by atoms with Gasteiger partial charge in [-0.2, -0.15) is 0 Å². The van der Waals surface area contributed by atoms with Gasteiger partial charge in [0.1, 0.15) is 18.2 Å². The summed E-state index contributed by atoms with van der Waals surface area (Å²) in [5, 5.41) is 0. The number of alkyl halides is 1. The predicted octanol–water partition coefficient (Wildman–Crippen LogP) is 3.53. The average Bonchev–Trinajstić information content (AvgIpc) is 2.46. The number of hydrogen-bond donors (Lipinski definition) is 0. The molecule has 0 aliphatic rings. The molecule has 0 atom stereocenters. The third-order valence-electron chi connectivity index (χ3n) is 2.94. The zero-order valence-corrected chi connectivity index (χ0v) is 12.8. The lowest BCUT2D eigenvalue weighted by atomic mass is 10.2. The number of benzene rings is 1. The Morgan fingerprint density at radius 2 is 2.05 bits per heavy atom. The summed E-state index contributed by atoms with van der Waals surface area (Å²) in [6, 6.07) is 4.41. The molecule has 0 aliphatic carbocycles. The summed E-state index contributed by atoms with van der Waals surface area (Å²) in [6.45, 7) is 7.63. The Labute approximate surface area is 125 Å². The Bertz CT molecular complexity index is 463. The van der Waals surface area contributed by atoms with Crippen LogP contribution in [0.15, 0.2) is 18.2 Å². The zero-order valence-electron chi connectivity index (χ0n) is 12.1. The largest absolute Gasteiger partial charge is 0.491 e. The molecule has 110 valence electrons. The second-order valence-corrected chi connectivity index (χ2v) is 4.63. The second kappa shape index (κ2) is 9.63. The van der Waals surface area contributed by atoms with Crippen LogP contribution in [0.1, 0.15) is 25.8 Å². The number of likely N-dealkylation sites (N-methyl/N-ethyl adjacent to an activating group) is 1. The van der Waals surface area contributed by atoms with E-state index < -0.39 is 0 Å². The van der Waals surface area contributed by atoms with Crippen molar-refractivity contribution in [2.75, 3.05) is 32.1 Å². The first-order valence-corrected chi connectivity index (χ1v) is 7.44. The Balaban J connectivity index is 2.67. The van der Waals surface area contributed by atoms with Crippen LogP contribution in [-0.2, 0) is 0 Å². The van der Waals surface area contributed by atoms with Crippen molar-refractivity contribution >= 4 is 11.6 Å². The highest BCUT2D eigenvalue weighted by atomic mass is 35.5. The number of nitrogens with zero attached hydrogens (tertiary/aromatic N) is 1. The van der Waals surface area contributed by atoms with E-state index in [1.807, 2.05) is 0 Å². The third-order valence-corrected chi connectivity index (χ3v) is 3.13. The van der Waals surface area contributed by atoms with Gasteiger partial charge >= 0.3 is 0 Å². The van der Waals surface area contributed by atoms with E-state index in [0.717, 1.165) is 19.6 Å². The molecule has 0 amide bonds. The van der Waals surface area contributed by atoms with Gasteiger partial charge in [0.15, 0.2) is 0 Å². The highest BCUT2D eigenvalue weighted by Crippen LogP contribution is 2.18. The van der Waals surface area contributed by atoms with Gasteiger partial charge in [-0.1, -0.05) is 25.7 Å². The van der Waals surface area contributed by atoms with Crippen molar-refractivity contribution in [3.05, 3.63) is 29.6 Å². The second-order valence-electron chi connectivity index (χ2n) is 4.26. The SMILES string of the molecule is CCN(CC)CCOc1ccc(F)cc1C#CCCCl. The molecule has 0 aliphatic heterocycles. The van der Waals surface area contributed by atoms with Gasteiger partial charge in [0.2, 0.25) is 0 Å². The van der Waals surface area contributed by atoms with E-state index in [0.29, 0.717) is 30.2 Å². The molecule has 0 bridgehead atoms. The fourth-order valence-corrected chi connectivity index (χ4v) is 1.85. The summed E-state index contributed by atoms with van der Waals surface area (Å²) in [7, 11) is 0. The van der Waals surface area contributed by atoms with Gasteiger partial charge < -0.3 is 9.64 Å². The molecule has 0 unspecified atom stereocenters. The lowest BCUT2D eigenvalue weighted by molar-refractivity contribution is 0.222. The van der Waals surface area contributed by atoms with Gasteiger partial charge in [0.25, 0.3) is 0 Å². The highest BCUT2D eigenvalue weighted by molar-refractivity contribution is 6.18. The van der Waals surface area contributed by atoms with Crippen molar-refractivity contribution in [2.45, 2.75) is 20.3 Å². The number of hydrogen-bond acceptors (Lipinski definition) is 2. The van der Waals surface area contributed by atoms with E-state index in [2.05, 4.69) is 30.6 Å². The van der Waals surface area contributed by atoms with Crippen molar-refractivity contribution in [1.82, 2.24) is 4.90 Å². The van der Waals surface area contributed by atoms with Gasteiger partial charge in [-0.3, -0.25) is 0 Å². The zero-order chi connectivity index (χ0) is 14.8. The van der Waals surface area contributed by atoms with Gasteiger partial charge in [0, 0.05) is 18.8 Å². The standard InChI is InChI=1S/C16H21ClFNO/c1-3-19(4-2)11-12-20-16-9-8-15(18)13-14(16)7-5-6-10-17/h8-9,13H,3-4,6,10-12H2,1-2H3. The molecule has 0 N–H and O–H groups in total. The summed E-state index contributed by atoms with van der Waals surface area (Å²) in [6.07, 6.45) is 0.580. The summed E-state index contributed by atoms with van der Waals surface area (Å²) >= 11 is 5.58. The minimum atomic E-state index is -0.309. The van der Waals surface area contributed by atoms with Crippen molar-refractivity contribution < 1.29 is 9.13 Å². The van der Waals surface area contributed by atoms with Gasteiger partial charge in [-0.15, -0.1) is 11.6 Å². The molecule has 2 nitrogen and oxygen atoms in total. The molecule has 20 heavy (non-hydrogen) atoms. The lowest BCUT2D eigenvalue weighted by Gasteiger charge is -2.18. The maximum absolute atomic E-state index is 13.3. The van der Waals surface area contributed by atoms with Gasteiger partial charge in [-0.05, 0) is 31.3 Å².